The van der Waals surface area contributed by atoms with Gasteiger partial charge in [0.15, 0.2) is 0 Å². The van der Waals surface area contributed by atoms with Gasteiger partial charge in [0.05, 0.1) is 11.6 Å². The zero-order valence-electron chi connectivity index (χ0n) is 14.5. The van der Waals surface area contributed by atoms with E-state index in [4.69, 9.17) is 0 Å². The summed E-state index contributed by atoms with van der Waals surface area (Å²) >= 11 is 0. The number of hydrogen-bond acceptors (Lipinski definition) is 3. The molecule has 2 aromatic carbocycles. The molecule has 132 valence electrons. The van der Waals surface area contributed by atoms with Gasteiger partial charge in [0, 0.05) is 17.3 Å². The Bertz CT molecular complexity index is 991. The average Bonchev–Trinajstić information content (AvgIpc) is 2.64. The van der Waals surface area contributed by atoms with E-state index in [1.165, 1.54) is 16.7 Å². The average molecular weight is 347 g/mol. The van der Waals surface area contributed by atoms with Gasteiger partial charge in [-0.3, -0.25) is 9.59 Å². The second-order valence-corrected chi connectivity index (χ2v) is 6.97. The van der Waals surface area contributed by atoms with Crippen molar-refractivity contribution in [2.45, 2.75) is 31.2 Å². The normalized spacial score (nSPS) is 15.4. The lowest BCUT2D eigenvalue weighted by Crippen LogP contribution is -2.46. The first kappa shape index (κ1) is 16.5. The van der Waals surface area contributed by atoms with Gasteiger partial charge in [-0.05, 0) is 24.5 Å². The molecule has 1 aromatic heterocycles. The maximum absolute atomic E-state index is 12.5. The Morgan fingerprint density at radius 1 is 1.08 bits per heavy atom. The maximum Gasteiger partial charge on any atom is 0.275 e. The Balaban J connectivity index is 1.46. The number of nitrogens with one attached hydrogen (secondary N) is 1. The number of carbonyl (C=O) groups is 1. The van der Waals surface area contributed by atoms with Gasteiger partial charge in [0.25, 0.3) is 5.56 Å². The summed E-state index contributed by atoms with van der Waals surface area (Å²) in [4.78, 5) is 24.9. The molecule has 1 fully saturated rings. The van der Waals surface area contributed by atoms with E-state index in [9.17, 15) is 9.59 Å². The first-order valence-electron chi connectivity index (χ1n) is 8.95. The van der Waals surface area contributed by atoms with Gasteiger partial charge in [-0.25, -0.2) is 4.68 Å². The molecule has 3 aromatic rings. The van der Waals surface area contributed by atoms with Crippen LogP contribution in [0.1, 0.15) is 24.8 Å². The Hall–Kier alpha value is -2.95. The van der Waals surface area contributed by atoms with Crippen molar-refractivity contribution >= 4 is 16.7 Å². The molecule has 0 saturated heterocycles. The van der Waals surface area contributed by atoms with Crippen molar-refractivity contribution in [3.05, 3.63) is 76.7 Å². The number of benzene rings is 2. The zero-order chi connectivity index (χ0) is 18.0. The van der Waals surface area contributed by atoms with E-state index in [0.29, 0.717) is 11.9 Å². The minimum atomic E-state index is -0.236. The largest absolute Gasteiger partial charge is 0.354 e. The lowest BCUT2D eigenvalue weighted by atomic mass is 9.64. The number of aromatic nitrogens is 2. The fourth-order valence-corrected chi connectivity index (χ4v) is 3.66. The van der Waals surface area contributed by atoms with Crippen LogP contribution in [0.2, 0.25) is 0 Å². The maximum atomic E-state index is 12.5. The number of fused-ring (bicyclic) bond motifs is 1. The molecule has 0 radical (unpaired) electrons. The van der Waals surface area contributed by atoms with E-state index in [1.54, 1.807) is 12.3 Å². The quantitative estimate of drug-likeness (QED) is 0.772. The van der Waals surface area contributed by atoms with Crippen LogP contribution in [0.5, 0.6) is 0 Å². The predicted octanol–water partition coefficient (Wildman–Crippen LogP) is 2.63. The van der Waals surface area contributed by atoms with Crippen LogP contribution < -0.4 is 10.9 Å². The Labute approximate surface area is 151 Å². The minimum absolute atomic E-state index is 0.0265. The summed E-state index contributed by atoms with van der Waals surface area (Å²) in [5.74, 6) is -0.183. The molecule has 0 bridgehead atoms. The van der Waals surface area contributed by atoms with Gasteiger partial charge in [0.2, 0.25) is 5.91 Å². The number of rotatable bonds is 5. The molecule has 1 N–H and O–H groups in total. The van der Waals surface area contributed by atoms with Crippen LogP contribution in [0.25, 0.3) is 10.8 Å². The third-order valence-electron chi connectivity index (χ3n) is 5.38. The van der Waals surface area contributed by atoms with Crippen LogP contribution in [-0.2, 0) is 16.8 Å². The van der Waals surface area contributed by atoms with Gasteiger partial charge < -0.3 is 5.32 Å². The van der Waals surface area contributed by atoms with Gasteiger partial charge in [0.1, 0.15) is 6.54 Å². The number of hydrogen-bond donors (Lipinski definition) is 1. The summed E-state index contributed by atoms with van der Waals surface area (Å²) in [6.45, 7) is 0.534. The van der Waals surface area contributed by atoms with Crippen LogP contribution in [-0.4, -0.2) is 22.2 Å². The summed E-state index contributed by atoms with van der Waals surface area (Å²) in [6.07, 6.45) is 4.95. The second kappa shape index (κ2) is 6.75. The van der Waals surface area contributed by atoms with Crippen LogP contribution in [0, 0.1) is 0 Å². The van der Waals surface area contributed by atoms with Crippen molar-refractivity contribution in [3.8, 4) is 0 Å². The molecule has 0 unspecified atom stereocenters. The molecule has 1 aliphatic carbocycles. The molecule has 5 heteroatoms. The molecule has 5 nitrogen and oxygen atoms in total. The fraction of sp³-hybridized carbons (Fsp3) is 0.286. The summed E-state index contributed by atoms with van der Waals surface area (Å²) < 4.78 is 1.23. The molecule has 0 spiro atoms. The highest BCUT2D eigenvalue weighted by molar-refractivity contribution is 5.81. The van der Waals surface area contributed by atoms with Gasteiger partial charge >= 0.3 is 0 Å². The van der Waals surface area contributed by atoms with E-state index in [2.05, 4.69) is 22.5 Å². The smallest absolute Gasteiger partial charge is 0.275 e. The van der Waals surface area contributed by atoms with E-state index >= 15 is 0 Å². The van der Waals surface area contributed by atoms with Gasteiger partial charge in [-0.1, -0.05) is 55.0 Å². The third-order valence-corrected chi connectivity index (χ3v) is 5.38. The van der Waals surface area contributed by atoms with E-state index in [-0.39, 0.29) is 23.4 Å². The number of carbonyl (C=O) groups excluding carboxylic acids is 1. The van der Waals surface area contributed by atoms with E-state index < -0.39 is 0 Å². The highest BCUT2D eigenvalue weighted by Crippen LogP contribution is 2.43. The monoisotopic (exact) mass is 347 g/mol. The predicted molar refractivity (Wildman–Crippen MR) is 101 cm³/mol. The zero-order valence-corrected chi connectivity index (χ0v) is 14.5. The van der Waals surface area contributed by atoms with Crippen LogP contribution in [0.15, 0.2) is 65.6 Å². The van der Waals surface area contributed by atoms with Crippen molar-refractivity contribution in [1.82, 2.24) is 15.1 Å². The molecular weight excluding hydrogens is 326 g/mol. The van der Waals surface area contributed by atoms with Crippen molar-refractivity contribution in [3.63, 3.8) is 0 Å². The number of nitrogens with zero attached hydrogens (tertiary/aromatic N) is 2. The molecule has 0 atom stereocenters. The van der Waals surface area contributed by atoms with Gasteiger partial charge in [-0.2, -0.15) is 5.10 Å². The van der Waals surface area contributed by atoms with Crippen LogP contribution in [0.3, 0.4) is 0 Å². The third kappa shape index (κ3) is 3.01. The molecule has 1 heterocycles. The minimum Gasteiger partial charge on any atom is -0.354 e. The molecular formula is C21H21N3O2. The highest BCUT2D eigenvalue weighted by Gasteiger charge is 2.38. The first-order chi connectivity index (χ1) is 12.7. The van der Waals surface area contributed by atoms with E-state index in [0.717, 1.165) is 18.2 Å². The fourth-order valence-electron chi connectivity index (χ4n) is 3.66. The number of amides is 1. The van der Waals surface area contributed by atoms with Crippen molar-refractivity contribution in [2.75, 3.05) is 6.54 Å². The van der Waals surface area contributed by atoms with Crippen LogP contribution in [0.4, 0.5) is 0 Å². The van der Waals surface area contributed by atoms with Crippen LogP contribution >= 0.6 is 0 Å². The Morgan fingerprint density at radius 3 is 2.54 bits per heavy atom. The summed E-state index contributed by atoms with van der Waals surface area (Å²) in [5, 5.41) is 8.50. The lowest BCUT2D eigenvalue weighted by molar-refractivity contribution is -0.122. The Morgan fingerprint density at radius 2 is 1.81 bits per heavy atom. The highest BCUT2D eigenvalue weighted by atomic mass is 16.2. The van der Waals surface area contributed by atoms with Gasteiger partial charge in [-0.15, -0.1) is 0 Å². The van der Waals surface area contributed by atoms with Crippen molar-refractivity contribution < 1.29 is 4.79 Å². The summed E-state index contributed by atoms with van der Waals surface area (Å²) in [7, 11) is 0. The molecule has 0 aliphatic heterocycles. The summed E-state index contributed by atoms with van der Waals surface area (Å²) in [6, 6.07) is 17.6. The standard InChI is InChI=1S/C21H21N3O2/c25-19(14-24-20(26)18-10-5-4-7-16(18)13-23-24)22-15-21(11-6-12-21)17-8-2-1-3-9-17/h1-5,7-10,13H,6,11-12,14-15H2,(H,22,25). The van der Waals surface area contributed by atoms with Crippen molar-refractivity contribution in [1.29, 1.82) is 0 Å². The molecule has 1 aliphatic rings. The van der Waals surface area contributed by atoms with E-state index in [1.807, 2.05) is 36.4 Å². The SMILES string of the molecule is O=C(Cn1ncc2ccccc2c1=O)NCC1(c2ccccc2)CCC1. The van der Waals surface area contributed by atoms with Crippen molar-refractivity contribution in [2.24, 2.45) is 0 Å². The first-order valence-corrected chi connectivity index (χ1v) is 8.95. The topological polar surface area (TPSA) is 64.0 Å². The summed E-state index contributed by atoms with van der Waals surface area (Å²) in [5.41, 5.74) is 1.06. The molecule has 1 saturated carbocycles. The molecule has 26 heavy (non-hydrogen) atoms. The second-order valence-electron chi connectivity index (χ2n) is 6.97. The lowest BCUT2D eigenvalue weighted by Gasteiger charge is -2.42. The molecule has 4 rings (SSSR count). The Kier molecular flexibility index (Phi) is 4.29. The molecule has 1 amide bonds.